The maximum atomic E-state index is 4.13. The lowest BCUT2D eigenvalue weighted by atomic mass is 9.85. The van der Waals surface area contributed by atoms with E-state index in [9.17, 15) is 0 Å². The summed E-state index contributed by atoms with van der Waals surface area (Å²) in [4.78, 5) is 0. The maximum Gasteiger partial charge on any atom is -0.0328 e. The van der Waals surface area contributed by atoms with E-state index in [0.29, 0.717) is 5.41 Å². The largest absolute Gasteiger partial charge is 0.0654 e. The molecular formula is C9H19. The van der Waals surface area contributed by atoms with Crippen LogP contribution in [0.1, 0.15) is 46.5 Å². The Labute approximate surface area is 59.7 Å². The molecule has 0 fully saturated rings. The van der Waals surface area contributed by atoms with Crippen LogP contribution >= 0.6 is 0 Å². The Kier molecular flexibility index (Phi) is 3.92. The molecule has 1 atom stereocenters. The molecule has 0 heteroatoms. The molecular weight excluding hydrogens is 108 g/mol. The van der Waals surface area contributed by atoms with Gasteiger partial charge in [0, 0.05) is 0 Å². The molecule has 1 unspecified atom stereocenters. The number of hydrogen-bond donors (Lipinski definition) is 0. The molecule has 0 spiro atoms. The normalized spacial score (nSPS) is 12.0. The van der Waals surface area contributed by atoms with E-state index in [1.54, 1.807) is 0 Å². The zero-order valence-electron chi connectivity index (χ0n) is 7.04. The van der Waals surface area contributed by atoms with Crippen molar-refractivity contribution in [2.24, 2.45) is 5.41 Å². The Morgan fingerprint density at radius 2 is 1.89 bits per heavy atom. The van der Waals surface area contributed by atoms with Crippen LogP contribution in [-0.2, 0) is 0 Å². The summed E-state index contributed by atoms with van der Waals surface area (Å²) < 4.78 is 0. The summed E-state index contributed by atoms with van der Waals surface area (Å²) in [7, 11) is 0. The van der Waals surface area contributed by atoms with Crippen LogP contribution in [0.25, 0.3) is 0 Å². The molecule has 0 N–H and O–H groups in total. The van der Waals surface area contributed by atoms with Gasteiger partial charge in [0.15, 0.2) is 0 Å². The minimum Gasteiger partial charge on any atom is -0.0654 e. The summed E-state index contributed by atoms with van der Waals surface area (Å²) in [5, 5.41) is 0. The Bertz CT molecular complexity index is 62.4. The Morgan fingerprint density at radius 3 is 2.22 bits per heavy atom. The van der Waals surface area contributed by atoms with Gasteiger partial charge < -0.3 is 0 Å². The Morgan fingerprint density at radius 1 is 1.33 bits per heavy atom. The molecule has 0 aliphatic rings. The van der Waals surface area contributed by atoms with E-state index in [0.717, 1.165) is 0 Å². The second-order valence-electron chi connectivity index (χ2n) is 3.27. The molecule has 9 heavy (non-hydrogen) atoms. The van der Waals surface area contributed by atoms with E-state index in [-0.39, 0.29) is 0 Å². The van der Waals surface area contributed by atoms with Gasteiger partial charge in [-0.3, -0.25) is 0 Å². The molecule has 1 radical (unpaired) electrons. The van der Waals surface area contributed by atoms with Crippen molar-refractivity contribution in [2.45, 2.75) is 46.5 Å². The molecule has 0 aliphatic heterocycles. The quantitative estimate of drug-likeness (QED) is 0.542. The summed E-state index contributed by atoms with van der Waals surface area (Å²) in [5.41, 5.74) is 0.343. The van der Waals surface area contributed by atoms with Crippen molar-refractivity contribution in [2.75, 3.05) is 0 Å². The molecule has 0 bridgehead atoms. The molecule has 0 aliphatic carbocycles. The van der Waals surface area contributed by atoms with Gasteiger partial charge in [-0.2, -0.15) is 0 Å². The Hall–Kier alpha value is 0. The van der Waals surface area contributed by atoms with E-state index in [4.69, 9.17) is 0 Å². The van der Waals surface area contributed by atoms with Crippen molar-refractivity contribution < 1.29 is 0 Å². The van der Waals surface area contributed by atoms with Gasteiger partial charge in [0.1, 0.15) is 0 Å². The molecule has 0 aromatic carbocycles. The fourth-order valence-electron chi connectivity index (χ4n) is 0.780. The molecule has 0 saturated heterocycles. The number of hydrogen-bond acceptors (Lipinski definition) is 0. The van der Waals surface area contributed by atoms with Crippen LogP contribution in [-0.4, -0.2) is 0 Å². The van der Waals surface area contributed by atoms with Gasteiger partial charge in [0.25, 0.3) is 0 Å². The van der Waals surface area contributed by atoms with E-state index in [2.05, 4.69) is 27.7 Å². The monoisotopic (exact) mass is 127 g/mol. The molecule has 0 amide bonds. The van der Waals surface area contributed by atoms with Crippen molar-refractivity contribution in [1.82, 2.24) is 0 Å². The summed E-state index contributed by atoms with van der Waals surface area (Å²) >= 11 is 0. The number of unbranched alkanes of at least 4 members (excludes halogenated alkanes) is 1. The standard InChI is InChI=1S/C9H19/c1-5-7-8-9(3,4)6-2/h3,5-8H2,1-2,4H3. The van der Waals surface area contributed by atoms with Crippen molar-refractivity contribution in [3.63, 3.8) is 0 Å². The molecule has 55 valence electrons. The van der Waals surface area contributed by atoms with Crippen LogP contribution in [0.3, 0.4) is 0 Å². The van der Waals surface area contributed by atoms with Crippen molar-refractivity contribution in [1.29, 1.82) is 0 Å². The van der Waals surface area contributed by atoms with Crippen LogP contribution < -0.4 is 0 Å². The fourth-order valence-corrected chi connectivity index (χ4v) is 0.780. The van der Waals surface area contributed by atoms with E-state index < -0.39 is 0 Å². The summed E-state index contributed by atoms with van der Waals surface area (Å²) in [6.45, 7) is 10.8. The SMILES string of the molecule is [CH2]C(C)(CC)CCCC. The van der Waals surface area contributed by atoms with Crippen molar-refractivity contribution >= 4 is 0 Å². The smallest absolute Gasteiger partial charge is 0.0328 e. The van der Waals surface area contributed by atoms with Crippen molar-refractivity contribution in [3.05, 3.63) is 6.92 Å². The highest BCUT2D eigenvalue weighted by Gasteiger charge is 2.12. The first-order valence-electron chi connectivity index (χ1n) is 3.97. The van der Waals surface area contributed by atoms with Crippen LogP contribution in [0.5, 0.6) is 0 Å². The zero-order chi connectivity index (χ0) is 7.33. The second-order valence-corrected chi connectivity index (χ2v) is 3.27. The Balaban J connectivity index is 3.33. The van der Waals surface area contributed by atoms with Gasteiger partial charge in [-0.05, 0) is 18.8 Å². The lowest BCUT2D eigenvalue weighted by molar-refractivity contribution is 0.359. The average Bonchev–Trinajstić information content (AvgIpc) is 1.84. The third kappa shape index (κ3) is 4.50. The highest BCUT2D eigenvalue weighted by molar-refractivity contribution is 4.73. The second kappa shape index (κ2) is 3.92. The van der Waals surface area contributed by atoms with Gasteiger partial charge in [-0.25, -0.2) is 0 Å². The third-order valence-electron chi connectivity index (χ3n) is 1.99. The van der Waals surface area contributed by atoms with Crippen LogP contribution in [0.4, 0.5) is 0 Å². The third-order valence-corrected chi connectivity index (χ3v) is 1.99. The zero-order valence-corrected chi connectivity index (χ0v) is 7.04. The lowest BCUT2D eigenvalue weighted by Gasteiger charge is -2.21. The first-order valence-corrected chi connectivity index (χ1v) is 3.97. The predicted molar refractivity (Wildman–Crippen MR) is 43.3 cm³/mol. The minimum absolute atomic E-state index is 0.343. The van der Waals surface area contributed by atoms with Crippen LogP contribution in [0.2, 0.25) is 0 Å². The molecule has 0 aromatic rings. The molecule has 0 saturated carbocycles. The van der Waals surface area contributed by atoms with Gasteiger partial charge in [-0.15, -0.1) is 0 Å². The first-order chi connectivity index (χ1) is 4.12. The van der Waals surface area contributed by atoms with Gasteiger partial charge in [-0.1, -0.05) is 40.0 Å². The van der Waals surface area contributed by atoms with Crippen LogP contribution in [0, 0.1) is 12.3 Å². The van der Waals surface area contributed by atoms with Crippen molar-refractivity contribution in [3.8, 4) is 0 Å². The molecule has 0 rings (SSSR count). The van der Waals surface area contributed by atoms with Gasteiger partial charge in [0.2, 0.25) is 0 Å². The number of rotatable bonds is 4. The van der Waals surface area contributed by atoms with E-state index in [1.807, 2.05) is 0 Å². The van der Waals surface area contributed by atoms with Gasteiger partial charge in [0.05, 0.1) is 0 Å². The average molecular weight is 127 g/mol. The molecule has 0 heterocycles. The maximum absolute atomic E-state index is 4.13. The lowest BCUT2D eigenvalue weighted by Crippen LogP contribution is -2.08. The highest BCUT2D eigenvalue weighted by Crippen LogP contribution is 2.25. The van der Waals surface area contributed by atoms with E-state index >= 15 is 0 Å². The topological polar surface area (TPSA) is 0 Å². The summed E-state index contributed by atoms with van der Waals surface area (Å²) in [6.07, 6.45) is 5.10. The van der Waals surface area contributed by atoms with E-state index in [1.165, 1.54) is 25.7 Å². The molecule has 0 nitrogen and oxygen atoms in total. The molecule has 0 aromatic heterocycles. The predicted octanol–water partition coefficient (Wildman–Crippen LogP) is 3.43. The van der Waals surface area contributed by atoms with Crippen LogP contribution in [0.15, 0.2) is 0 Å². The first kappa shape index (κ1) is 9.00. The summed E-state index contributed by atoms with van der Waals surface area (Å²) in [6, 6.07) is 0. The van der Waals surface area contributed by atoms with Gasteiger partial charge >= 0.3 is 0 Å². The highest BCUT2D eigenvalue weighted by atomic mass is 14.2. The fraction of sp³-hybridized carbons (Fsp3) is 0.889. The summed E-state index contributed by atoms with van der Waals surface area (Å²) in [5.74, 6) is 0. The minimum atomic E-state index is 0.343.